The number of carbonyl (C=O) groups excluding carboxylic acids is 1. The monoisotopic (exact) mass is 446 g/mol. The molecule has 4 rings (SSSR count). The van der Waals surface area contributed by atoms with Crippen molar-refractivity contribution < 1.29 is 18.7 Å². The van der Waals surface area contributed by atoms with Crippen molar-refractivity contribution in [3.05, 3.63) is 78.9 Å². The summed E-state index contributed by atoms with van der Waals surface area (Å²) in [5, 5.41) is 2.68. The van der Waals surface area contributed by atoms with E-state index in [1.165, 1.54) is 18.5 Å². The summed E-state index contributed by atoms with van der Waals surface area (Å²) in [5.74, 6) is 0.560. The molecule has 0 unspecified atom stereocenters. The molecule has 33 heavy (non-hydrogen) atoms. The standard InChI is InChI=1S/C25H23FN4O3/c1-30(2)15-16-32-18-9-7-17(8-10-18)29-25(31)33-22-12-11-20(19-5-3-4-6-21(19)26)23-24(22)28-14-13-27-23/h3-14H,15-16H2,1-2H3,(H,29,31). The largest absolute Gasteiger partial charge is 0.492 e. The van der Waals surface area contributed by atoms with Gasteiger partial charge in [0, 0.05) is 35.8 Å². The van der Waals surface area contributed by atoms with E-state index in [1.54, 1.807) is 54.6 Å². The lowest BCUT2D eigenvalue weighted by Gasteiger charge is -2.12. The van der Waals surface area contributed by atoms with E-state index in [0.29, 0.717) is 40.2 Å². The number of carbonyl (C=O) groups is 1. The molecular weight excluding hydrogens is 423 g/mol. The molecule has 0 bridgehead atoms. The van der Waals surface area contributed by atoms with Crippen molar-refractivity contribution >= 4 is 22.8 Å². The molecule has 1 aromatic heterocycles. The first-order valence-corrected chi connectivity index (χ1v) is 10.4. The second-order valence-corrected chi connectivity index (χ2v) is 7.54. The van der Waals surface area contributed by atoms with Gasteiger partial charge < -0.3 is 14.4 Å². The van der Waals surface area contributed by atoms with Crippen LogP contribution in [0.15, 0.2) is 73.1 Å². The van der Waals surface area contributed by atoms with E-state index >= 15 is 0 Å². The number of benzene rings is 3. The highest BCUT2D eigenvalue weighted by Gasteiger charge is 2.16. The third kappa shape index (κ3) is 5.42. The van der Waals surface area contributed by atoms with Crippen LogP contribution in [0.5, 0.6) is 11.5 Å². The summed E-state index contributed by atoms with van der Waals surface area (Å²) in [6.45, 7) is 1.37. The number of nitrogens with zero attached hydrogens (tertiary/aromatic N) is 3. The topological polar surface area (TPSA) is 76.6 Å². The predicted molar refractivity (Wildman–Crippen MR) is 125 cm³/mol. The molecule has 0 spiro atoms. The molecule has 0 radical (unpaired) electrons. The first kappa shape index (κ1) is 22.2. The zero-order valence-corrected chi connectivity index (χ0v) is 18.3. The number of likely N-dealkylation sites (N-methyl/N-ethyl adjacent to an activating group) is 1. The minimum atomic E-state index is -0.679. The summed E-state index contributed by atoms with van der Waals surface area (Å²) in [5.41, 5.74) is 2.31. The Morgan fingerprint density at radius 2 is 1.67 bits per heavy atom. The maximum atomic E-state index is 14.3. The number of amides is 1. The van der Waals surface area contributed by atoms with Crippen LogP contribution < -0.4 is 14.8 Å². The van der Waals surface area contributed by atoms with Crippen molar-refractivity contribution in [2.45, 2.75) is 0 Å². The summed E-state index contributed by atoms with van der Waals surface area (Å²) >= 11 is 0. The zero-order valence-electron chi connectivity index (χ0n) is 18.3. The van der Waals surface area contributed by atoms with Gasteiger partial charge in [-0.25, -0.2) is 14.2 Å². The molecule has 0 fully saturated rings. The molecule has 1 N–H and O–H groups in total. The Kier molecular flexibility index (Phi) is 6.75. The number of rotatable bonds is 7. The highest BCUT2D eigenvalue weighted by atomic mass is 19.1. The molecule has 1 heterocycles. The average molecular weight is 446 g/mol. The molecule has 0 saturated carbocycles. The SMILES string of the molecule is CN(C)CCOc1ccc(NC(=O)Oc2ccc(-c3ccccc3F)c3nccnc23)cc1. The van der Waals surface area contributed by atoms with E-state index in [0.717, 1.165) is 6.54 Å². The predicted octanol–water partition coefficient (Wildman–Crippen LogP) is 4.99. The molecule has 8 heteroatoms. The van der Waals surface area contributed by atoms with Gasteiger partial charge in [-0.05, 0) is 56.6 Å². The quantitative estimate of drug-likeness (QED) is 0.431. The summed E-state index contributed by atoms with van der Waals surface area (Å²) in [4.78, 5) is 23.2. The maximum absolute atomic E-state index is 14.3. The second kappa shape index (κ2) is 10.1. The van der Waals surface area contributed by atoms with Gasteiger partial charge in [0.15, 0.2) is 5.75 Å². The summed E-state index contributed by atoms with van der Waals surface area (Å²) in [6.07, 6.45) is 2.33. The third-order valence-corrected chi connectivity index (χ3v) is 4.86. The molecule has 4 aromatic rings. The number of halogens is 1. The first-order chi connectivity index (χ1) is 16.0. The van der Waals surface area contributed by atoms with Gasteiger partial charge in [0.25, 0.3) is 0 Å². The van der Waals surface area contributed by atoms with Crippen LogP contribution in [-0.4, -0.2) is 48.2 Å². The van der Waals surface area contributed by atoms with Crippen molar-refractivity contribution in [1.29, 1.82) is 0 Å². The van der Waals surface area contributed by atoms with Gasteiger partial charge in [0.05, 0.1) is 0 Å². The van der Waals surface area contributed by atoms with E-state index in [1.807, 2.05) is 19.0 Å². The molecule has 7 nitrogen and oxygen atoms in total. The lowest BCUT2D eigenvalue weighted by Crippen LogP contribution is -2.19. The Hall–Kier alpha value is -4.04. The van der Waals surface area contributed by atoms with E-state index in [2.05, 4.69) is 15.3 Å². The van der Waals surface area contributed by atoms with Crippen molar-refractivity contribution in [3.8, 4) is 22.6 Å². The van der Waals surface area contributed by atoms with E-state index in [9.17, 15) is 9.18 Å². The van der Waals surface area contributed by atoms with E-state index in [4.69, 9.17) is 9.47 Å². The van der Waals surface area contributed by atoms with Crippen LogP contribution in [0.3, 0.4) is 0 Å². The Bertz CT molecular complexity index is 1260. The Morgan fingerprint density at radius 3 is 2.39 bits per heavy atom. The smallest absolute Gasteiger partial charge is 0.417 e. The molecule has 0 aliphatic heterocycles. The van der Waals surface area contributed by atoms with E-state index in [-0.39, 0.29) is 11.6 Å². The highest BCUT2D eigenvalue weighted by Crippen LogP contribution is 2.33. The fourth-order valence-corrected chi connectivity index (χ4v) is 3.24. The summed E-state index contributed by atoms with van der Waals surface area (Å²) < 4.78 is 25.5. The average Bonchev–Trinajstić information content (AvgIpc) is 2.81. The molecular formula is C25H23FN4O3. The van der Waals surface area contributed by atoms with Crippen LogP contribution >= 0.6 is 0 Å². The van der Waals surface area contributed by atoms with Crippen LogP contribution in [0.4, 0.5) is 14.9 Å². The number of ether oxygens (including phenoxy) is 2. The van der Waals surface area contributed by atoms with Crippen LogP contribution in [0.1, 0.15) is 0 Å². The Balaban J connectivity index is 1.49. The molecule has 168 valence electrons. The van der Waals surface area contributed by atoms with Gasteiger partial charge in [-0.2, -0.15) is 0 Å². The molecule has 0 aliphatic carbocycles. The van der Waals surface area contributed by atoms with Crippen LogP contribution in [-0.2, 0) is 0 Å². The van der Waals surface area contributed by atoms with Crippen molar-refractivity contribution in [2.24, 2.45) is 0 Å². The fourth-order valence-electron chi connectivity index (χ4n) is 3.24. The highest BCUT2D eigenvalue weighted by molar-refractivity contribution is 5.97. The molecule has 0 aliphatic rings. The number of hydrogen-bond acceptors (Lipinski definition) is 6. The number of aromatic nitrogens is 2. The van der Waals surface area contributed by atoms with Gasteiger partial charge in [0.2, 0.25) is 0 Å². The van der Waals surface area contributed by atoms with Gasteiger partial charge in [-0.1, -0.05) is 18.2 Å². The minimum absolute atomic E-state index is 0.222. The summed E-state index contributed by atoms with van der Waals surface area (Å²) in [7, 11) is 3.95. The third-order valence-electron chi connectivity index (χ3n) is 4.86. The summed E-state index contributed by atoms with van der Waals surface area (Å²) in [6, 6.07) is 16.7. The normalized spacial score (nSPS) is 10.9. The van der Waals surface area contributed by atoms with Crippen LogP contribution in [0.25, 0.3) is 22.2 Å². The molecule has 1 amide bonds. The number of fused-ring (bicyclic) bond motifs is 1. The maximum Gasteiger partial charge on any atom is 0.417 e. The van der Waals surface area contributed by atoms with Crippen LogP contribution in [0.2, 0.25) is 0 Å². The van der Waals surface area contributed by atoms with Gasteiger partial charge in [-0.15, -0.1) is 0 Å². The number of nitrogens with one attached hydrogen (secondary N) is 1. The second-order valence-electron chi connectivity index (χ2n) is 7.54. The zero-order chi connectivity index (χ0) is 23.2. The van der Waals surface area contributed by atoms with Gasteiger partial charge in [0.1, 0.15) is 29.2 Å². The van der Waals surface area contributed by atoms with Crippen molar-refractivity contribution in [1.82, 2.24) is 14.9 Å². The Labute approximate surface area is 190 Å². The minimum Gasteiger partial charge on any atom is -0.492 e. The van der Waals surface area contributed by atoms with Crippen molar-refractivity contribution in [3.63, 3.8) is 0 Å². The van der Waals surface area contributed by atoms with E-state index < -0.39 is 6.09 Å². The first-order valence-electron chi connectivity index (χ1n) is 10.4. The fraction of sp³-hybridized carbons (Fsp3) is 0.160. The number of hydrogen-bond donors (Lipinski definition) is 1. The van der Waals surface area contributed by atoms with Crippen molar-refractivity contribution in [2.75, 3.05) is 32.6 Å². The van der Waals surface area contributed by atoms with Gasteiger partial charge >= 0.3 is 6.09 Å². The lowest BCUT2D eigenvalue weighted by atomic mass is 10.0. The molecule has 3 aromatic carbocycles. The lowest BCUT2D eigenvalue weighted by molar-refractivity contribution is 0.215. The van der Waals surface area contributed by atoms with Gasteiger partial charge in [-0.3, -0.25) is 10.3 Å². The van der Waals surface area contributed by atoms with Crippen LogP contribution in [0, 0.1) is 5.82 Å². The molecule has 0 saturated heterocycles. The Morgan fingerprint density at radius 1 is 0.939 bits per heavy atom. The molecule has 0 atom stereocenters. The number of anilines is 1.